The molecule has 0 aliphatic carbocycles. The molecule has 0 bridgehead atoms. The zero-order chi connectivity index (χ0) is 12.9. The molecule has 1 aliphatic rings. The van der Waals surface area contributed by atoms with Crippen LogP contribution in [-0.2, 0) is 5.21 Å². The number of rotatable bonds is 0. The van der Waals surface area contributed by atoms with E-state index >= 15 is 0 Å². The summed E-state index contributed by atoms with van der Waals surface area (Å²) in [6.45, 7) is 6.85. The summed E-state index contributed by atoms with van der Waals surface area (Å²) in [6.07, 6.45) is 0.386. The Balaban J connectivity index is 3.39. The van der Waals surface area contributed by atoms with Crippen molar-refractivity contribution in [3.63, 3.8) is 0 Å². The van der Waals surface area contributed by atoms with Crippen molar-refractivity contribution in [3.05, 3.63) is 5.21 Å². The third-order valence-electron chi connectivity index (χ3n) is 2.60. The molecule has 1 rings (SSSR count). The van der Waals surface area contributed by atoms with Crippen LogP contribution in [0.5, 0.6) is 0 Å². The Morgan fingerprint density at radius 1 is 1.31 bits per heavy atom. The lowest BCUT2D eigenvalue weighted by atomic mass is 9.85. The van der Waals surface area contributed by atoms with Crippen LogP contribution < -0.4 is 0 Å². The highest BCUT2D eigenvalue weighted by Crippen LogP contribution is 2.39. The first kappa shape index (κ1) is 14.2. The summed E-state index contributed by atoms with van der Waals surface area (Å²) in [7, 11) is 0. The number of hydroxylamine groups is 3. The summed E-state index contributed by atoms with van der Waals surface area (Å²) in [6, 6.07) is 0. The predicted molar refractivity (Wildman–Crippen MR) is 64.2 cm³/mol. The summed E-state index contributed by atoms with van der Waals surface area (Å²) in [5.41, 5.74) is -1.55. The van der Waals surface area contributed by atoms with E-state index in [1.54, 1.807) is 27.7 Å². The van der Waals surface area contributed by atoms with Gasteiger partial charge in [0.15, 0.2) is 0 Å². The summed E-state index contributed by atoms with van der Waals surface area (Å²) in [4.78, 5) is 0. The molecule has 0 unspecified atom stereocenters. The molecule has 4 nitrogen and oxygen atoms in total. The van der Waals surface area contributed by atoms with Crippen LogP contribution in [0.2, 0.25) is 0 Å². The minimum absolute atomic E-state index is 0.376. The molecule has 1 radical (unpaired) electrons. The molecule has 1 aliphatic heterocycles. The second-order valence-electron chi connectivity index (χ2n) is 5.21. The van der Waals surface area contributed by atoms with Crippen LogP contribution in [0.3, 0.4) is 0 Å². The highest BCUT2D eigenvalue weighted by atomic mass is 35.6. The SMILES string of the molecule is CC1(C)CC(C)(C)[N+]([O-])=C(C(Cl)(Cl)Cl)N1[O]. The molecule has 0 atom stereocenters. The van der Waals surface area contributed by atoms with Gasteiger partial charge in [0.05, 0.1) is 0 Å². The first-order chi connectivity index (χ1) is 6.89. The highest BCUT2D eigenvalue weighted by Gasteiger charge is 2.56. The molecule has 0 saturated carbocycles. The molecule has 1 heterocycles. The molecular weight excluding hydrogens is 274 g/mol. The predicted octanol–water partition coefficient (Wildman–Crippen LogP) is 2.87. The lowest BCUT2D eigenvalue weighted by Gasteiger charge is -2.44. The molecule has 0 saturated heterocycles. The fraction of sp³-hybridized carbons (Fsp3) is 0.889. The number of alkyl halides is 3. The van der Waals surface area contributed by atoms with Crippen LogP contribution in [0.25, 0.3) is 0 Å². The Morgan fingerprint density at radius 3 is 2.12 bits per heavy atom. The monoisotopic (exact) mass is 287 g/mol. The van der Waals surface area contributed by atoms with Crippen molar-refractivity contribution in [2.45, 2.75) is 49.0 Å². The van der Waals surface area contributed by atoms with E-state index in [4.69, 9.17) is 34.8 Å². The zero-order valence-corrected chi connectivity index (χ0v) is 11.8. The molecule has 0 spiro atoms. The second-order valence-corrected chi connectivity index (χ2v) is 7.49. The largest absolute Gasteiger partial charge is 0.715 e. The van der Waals surface area contributed by atoms with Gasteiger partial charge in [0.2, 0.25) is 0 Å². The van der Waals surface area contributed by atoms with Gasteiger partial charge in [-0.05, 0) is 27.7 Å². The van der Waals surface area contributed by atoms with E-state index < -0.39 is 14.9 Å². The number of halogens is 3. The molecule has 0 aromatic heterocycles. The number of amidine groups is 1. The quantitative estimate of drug-likeness (QED) is 0.391. The van der Waals surface area contributed by atoms with Gasteiger partial charge in [0.25, 0.3) is 3.79 Å². The van der Waals surface area contributed by atoms with E-state index in [0.717, 1.165) is 0 Å². The maximum absolute atomic E-state index is 12.0. The number of nitrogens with zero attached hydrogens (tertiary/aromatic N) is 2. The van der Waals surface area contributed by atoms with Crippen molar-refractivity contribution in [3.8, 4) is 0 Å². The van der Waals surface area contributed by atoms with Gasteiger partial charge < -0.3 is 5.21 Å². The molecule has 0 amide bonds. The minimum Gasteiger partial charge on any atom is -0.715 e. The lowest BCUT2D eigenvalue weighted by molar-refractivity contribution is -0.567. The van der Waals surface area contributed by atoms with E-state index in [9.17, 15) is 10.4 Å². The summed E-state index contributed by atoms with van der Waals surface area (Å²) >= 11 is 17.0. The van der Waals surface area contributed by atoms with Crippen LogP contribution in [0, 0.1) is 5.21 Å². The Hall–Kier alpha value is 0.1000. The third kappa shape index (κ3) is 2.35. The van der Waals surface area contributed by atoms with Crippen molar-refractivity contribution in [2.75, 3.05) is 0 Å². The van der Waals surface area contributed by atoms with E-state index in [-0.39, 0.29) is 5.84 Å². The average molecular weight is 289 g/mol. The topological polar surface area (TPSA) is 49.2 Å². The molecular formula is C9H14Cl3N2O2. The second kappa shape index (κ2) is 3.80. The first-order valence-electron chi connectivity index (χ1n) is 4.78. The van der Waals surface area contributed by atoms with Gasteiger partial charge in [-0.15, -0.1) is 0 Å². The van der Waals surface area contributed by atoms with Crippen LogP contribution in [0.15, 0.2) is 0 Å². The Bertz CT molecular complexity index is 334. The van der Waals surface area contributed by atoms with E-state index in [0.29, 0.717) is 16.2 Å². The maximum Gasteiger partial charge on any atom is 0.336 e. The van der Waals surface area contributed by atoms with Crippen LogP contribution in [0.4, 0.5) is 0 Å². The lowest BCUT2D eigenvalue weighted by Crippen LogP contribution is -2.62. The zero-order valence-electron chi connectivity index (χ0n) is 9.55. The van der Waals surface area contributed by atoms with E-state index in [1.165, 1.54) is 0 Å². The first-order valence-corrected chi connectivity index (χ1v) is 5.92. The standard InChI is InChI=1S/C9H14Cl3N2O2/c1-7(2)5-8(3,4)14(16)6(13(7)15)9(10,11)12/h5H2,1-4H3. The van der Waals surface area contributed by atoms with Crippen molar-refractivity contribution in [2.24, 2.45) is 0 Å². The highest BCUT2D eigenvalue weighted by molar-refractivity contribution is 6.76. The fourth-order valence-electron chi connectivity index (χ4n) is 2.09. The van der Waals surface area contributed by atoms with Gasteiger partial charge in [-0.1, -0.05) is 39.9 Å². The molecule has 93 valence electrons. The fourth-order valence-corrected chi connectivity index (χ4v) is 2.55. The minimum atomic E-state index is -2.02. The van der Waals surface area contributed by atoms with E-state index in [1.807, 2.05) is 0 Å². The Kier molecular flexibility index (Phi) is 3.37. The normalized spacial score (nSPS) is 24.9. The van der Waals surface area contributed by atoms with Gasteiger partial charge in [-0.3, -0.25) is 4.74 Å². The van der Waals surface area contributed by atoms with Gasteiger partial charge in [-0.25, -0.2) is 0 Å². The Labute approximate surface area is 110 Å². The molecule has 0 aromatic carbocycles. The number of hydrogen-bond acceptors (Lipinski definition) is 2. The van der Waals surface area contributed by atoms with Crippen LogP contribution in [-0.4, -0.2) is 30.5 Å². The van der Waals surface area contributed by atoms with Gasteiger partial charge in [-0.2, -0.15) is 0 Å². The van der Waals surface area contributed by atoms with Crippen molar-refractivity contribution in [1.82, 2.24) is 5.06 Å². The molecule has 7 heteroatoms. The summed E-state index contributed by atoms with van der Waals surface area (Å²) < 4.78 is -1.52. The average Bonchev–Trinajstić information content (AvgIpc) is 1.97. The smallest absolute Gasteiger partial charge is 0.336 e. The van der Waals surface area contributed by atoms with Crippen molar-refractivity contribution < 1.29 is 9.95 Å². The molecule has 16 heavy (non-hydrogen) atoms. The summed E-state index contributed by atoms with van der Waals surface area (Å²) in [5.74, 6) is -0.376. The molecule has 0 fully saturated rings. The molecule has 0 N–H and O–H groups in total. The van der Waals surface area contributed by atoms with Crippen molar-refractivity contribution >= 4 is 40.6 Å². The summed E-state index contributed by atoms with van der Waals surface area (Å²) in [5, 5.41) is 24.5. The van der Waals surface area contributed by atoms with Crippen LogP contribution >= 0.6 is 34.8 Å². The van der Waals surface area contributed by atoms with Gasteiger partial charge in [0.1, 0.15) is 11.1 Å². The Morgan fingerprint density at radius 2 is 1.75 bits per heavy atom. The van der Waals surface area contributed by atoms with E-state index in [2.05, 4.69) is 0 Å². The molecule has 0 aromatic rings. The van der Waals surface area contributed by atoms with Gasteiger partial charge >= 0.3 is 5.84 Å². The van der Waals surface area contributed by atoms with Crippen LogP contribution in [0.1, 0.15) is 34.1 Å². The third-order valence-corrected chi connectivity index (χ3v) is 3.11. The number of hydrogen-bond donors (Lipinski definition) is 0. The maximum atomic E-state index is 12.0. The van der Waals surface area contributed by atoms with Gasteiger partial charge in [0, 0.05) is 11.6 Å². The van der Waals surface area contributed by atoms with Crippen molar-refractivity contribution in [1.29, 1.82) is 0 Å².